The fourth-order valence-electron chi connectivity index (χ4n) is 1.87. The smallest absolute Gasteiger partial charge is 0.208 e. The number of benzene rings is 1. The molecule has 1 fully saturated rings. The molecule has 0 aromatic heterocycles. The molecule has 0 saturated heterocycles. The number of nitrogens with one attached hydrogen (secondary N) is 1. The lowest BCUT2D eigenvalue weighted by Gasteiger charge is -2.06. The van der Waals surface area contributed by atoms with Gasteiger partial charge >= 0.3 is 0 Å². The minimum Gasteiger partial charge on any atom is -0.208 e. The predicted octanol–water partition coefficient (Wildman–Crippen LogP) is 1.77. The molecule has 2 unspecified atom stereocenters. The van der Waals surface area contributed by atoms with Gasteiger partial charge in [0.05, 0.1) is 10.5 Å². The Morgan fingerprint density at radius 1 is 1.56 bits per heavy atom. The van der Waals surface area contributed by atoms with Crippen LogP contribution in [0.3, 0.4) is 0 Å². The van der Waals surface area contributed by atoms with E-state index in [2.05, 4.69) is 4.72 Å². The van der Waals surface area contributed by atoms with E-state index in [0.717, 1.165) is 25.0 Å². The lowest BCUT2D eigenvalue weighted by molar-refractivity contribution is 0.575. The van der Waals surface area contributed by atoms with Crippen LogP contribution in [-0.2, 0) is 10.0 Å². The van der Waals surface area contributed by atoms with Gasteiger partial charge in [-0.05, 0) is 30.5 Å². The van der Waals surface area contributed by atoms with E-state index in [1.54, 1.807) is 6.07 Å². The number of rotatable bonds is 4. The molecular weight excluding hydrogens is 255 g/mol. The molecular formula is C12H13FN2O2S. The summed E-state index contributed by atoms with van der Waals surface area (Å²) < 4.78 is 39.6. The number of nitriles is 1. The van der Waals surface area contributed by atoms with Gasteiger partial charge in [0.25, 0.3) is 0 Å². The van der Waals surface area contributed by atoms with Crippen LogP contribution in [0, 0.1) is 23.1 Å². The van der Waals surface area contributed by atoms with Crippen molar-refractivity contribution in [3.63, 3.8) is 0 Å². The fourth-order valence-corrected chi connectivity index (χ4v) is 3.21. The maximum atomic E-state index is 13.1. The van der Waals surface area contributed by atoms with Gasteiger partial charge in [0.2, 0.25) is 10.0 Å². The third kappa shape index (κ3) is 2.52. The zero-order chi connectivity index (χ0) is 13.3. The lowest BCUT2D eigenvalue weighted by Crippen LogP contribution is -2.27. The highest BCUT2D eigenvalue weighted by molar-refractivity contribution is 7.89. The molecule has 4 nitrogen and oxygen atoms in total. The molecule has 0 radical (unpaired) electrons. The number of nitrogens with zero attached hydrogens (tertiary/aromatic N) is 1. The van der Waals surface area contributed by atoms with Crippen molar-refractivity contribution in [1.29, 1.82) is 5.26 Å². The van der Waals surface area contributed by atoms with Gasteiger partial charge in [-0.25, -0.2) is 17.5 Å². The second-order valence-corrected chi connectivity index (χ2v) is 6.10. The van der Waals surface area contributed by atoms with Crippen LogP contribution in [0.25, 0.3) is 0 Å². The van der Waals surface area contributed by atoms with Crippen LogP contribution in [-0.4, -0.2) is 14.5 Å². The van der Waals surface area contributed by atoms with Gasteiger partial charge in [-0.3, -0.25) is 0 Å². The largest absolute Gasteiger partial charge is 0.240 e. The Bertz CT molecular complexity index is 607. The topological polar surface area (TPSA) is 70.0 Å². The molecule has 96 valence electrons. The Morgan fingerprint density at radius 2 is 2.28 bits per heavy atom. The summed E-state index contributed by atoms with van der Waals surface area (Å²) >= 11 is 0. The molecule has 2 rings (SSSR count). The van der Waals surface area contributed by atoms with E-state index in [9.17, 15) is 12.8 Å². The molecule has 0 aliphatic heterocycles. The van der Waals surface area contributed by atoms with Crippen LogP contribution in [0.1, 0.15) is 25.3 Å². The van der Waals surface area contributed by atoms with Crippen molar-refractivity contribution in [2.75, 3.05) is 0 Å². The van der Waals surface area contributed by atoms with Crippen molar-refractivity contribution >= 4 is 10.0 Å². The highest BCUT2D eigenvalue weighted by atomic mass is 32.2. The van der Waals surface area contributed by atoms with E-state index in [1.807, 2.05) is 6.92 Å². The fraction of sp³-hybridized carbons (Fsp3) is 0.417. The molecule has 1 aromatic rings. The van der Waals surface area contributed by atoms with E-state index in [0.29, 0.717) is 5.92 Å². The third-order valence-electron chi connectivity index (χ3n) is 3.12. The van der Waals surface area contributed by atoms with Gasteiger partial charge in [-0.15, -0.1) is 0 Å². The molecule has 1 aliphatic carbocycles. The Hall–Kier alpha value is -1.45. The molecule has 1 N–H and O–H groups in total. The first-order valence-electron chi connectivity index (χ1n) is 5.70. The number of sulfonamides is 1. The Balaban J connectivity index is 2.23. The van der Waals surface area contributed by atoms with Crippen molar-refractivity contribution in [3.8, 4) is 6.07 Å². The maximum Gasteiger partial charge on any atom is 0.240 e. The number of hydrogen-bond acceptors (Lipinski definition) is 3. The van der Waals surface area contributed by atoms with Gasteiger partial charge in [0.15, 0.2) is 0 Å². The first-order valence-corrected chi connectivity index (χ1v) is 7.18. The maximum absolute atomic E-state index is 13.1. The summed E-state index contributed by atoms with van der Waals surface area (Å²) in [4.78, 5) is -0.0674. The number of halogens is 1. The first-order chi connectivity index (χ1) is 8.47. The molecule has 1 aromatic carbocycles. The van der Waals surface area contributed by atoms with Gasteiger partial charge in [-0.1, -0.05) is 13.3 Å². The van der Waals surface area contributed by atoms with Crippen molar-refractivity contribution in [2.24, 2.45) is 5.92 Å². The Morgan fingerprint density at radius 3 is 2.83 bits per heavy atom. The van der Waals surface area contributed by atoms with Gasteiger partial charge < -0.3 is 0 Å². The first kappa shape index (κ1) is 13.0. The van der Waals surface area contributed by atoms with Crippen LogP contribution in [0.2, 0.25) is 0 Å². The van der Waals surface area contributed by atoms with E-state index in [1.165, 1.54) is 6.07 Å². The van der Waals surface area contributed by atoms with Crippen molar-refractivity contribution in [2.45, 2.75) is 30.7 Å². The van der Waals surface area contributed by atoms with E-state index < -0.39 is 15.8 Å². The van der Waals surface area contributed by atoms with Crippen LogP contribution in [0.4, 0.5) is 4.39 Å². The standard InChI is InChI=1S/C12H13FN2O2S/c1-2-8-6-12(8)15-18(16,17)10-3-4-11(13)9(5-10)7-14/h3-5,8,12,15H,2,6H2,1H3. The molecule has 1 saturated carbocycles. The summed E-state index contributed by atoms with van der Waals surface area (Å²) in [6.07, 6.45) is 1.77. The second kappa shape index (κ2) is 4.67. The van der Waals surface area contributed by atoms with Crippen molar-refractivity contribution < 1.29 is 12.8 Å². The van der Waals surface area contributed by atoms with E-state index in [4.69, 9.17) is 5.26 Å². The molecule has 2 atom stereocenters. The lowest BCUT2D eigenvalue weighted by atomic mass is 10.2. The minimum absolute atomic E-state index is 0.0319. The SMILES string of the molecule is CCC1CC1NS(=O)(=O)c1ccc(F)c(C#N)c1. The van der Waals surface area contributed by atoms with E-state index >= 15 is 0 Å². The minimum atomic E-state index is -3.66. The quantitative estimate of drug-likeness (QED) is 0.904. The summed E-state index contributed by atoms with van der Waals surface area (Å²) in [5.74, 6) is -0.329. The second-order valence-electron chi connectivity index (χ2n) is 4.39. The van der Waals surface area contributed by atoms with Crippen molar-refractivity contribution in [1.82, 2.24) is 4.72 Å². The summed E-state index contributed by atoms with van der Waals surface area (Å²) in [6.45, 7) is 2.00. The van der Waals surface area contributed by atoms with Gasteiger partial charge in [0, 0.05) is 6.04 Å². The van der Waals surface area contributed by atoms with Crippen LogP contribution in [0.5, 0.6) is 0 Å². The molecule has 18 heavy (non-hydrogen) atoms. The zero-order valence-corrected chi connectivity index (χ0v) is 10.7. The number of hydrogen-bond donors (Lipinski definition) is 1. The molecule has 0 heterocycles. The third-order valence-corrected chi connectivity index (χ3v) is 4.61. The van der Waals surface area contributed by atoms with Crippen molar-refractivity contribution in [3.05, 3.63) is 29.6 Å². The van der Waals surface area contributed by atoms with E-state index in [-0.39, 0.29) is 16.5 Å². The molecule has 0 bridgehead atoms. The summed E-state index contributed by atoms with van der Waals surface area (Å²) in [6, 6.07) is 4.82. The normalized spacial score (nSPS) is 22.5. The van der Waals surface area contributed by atoms with Gasteiger partial charge in [-0.2, -0.15) is 5.26 Å². The highest BCUT2D eigenvalue weighted by Crippen LogP contribution is 2.34. The molecule has 0 spiro atoms. The van der Waals surface area contributed by atoms with Crippen LogP contribution >= 0.6 is 0 Å². The molecule has 0 amide bonds. The highest BCUT2D eigenvalue weighted by Gasteiger charge is 2.38. The van der Waals surface area contributed by atoms with Gasteiger partial charge in [0.1, 0.15) is 11.9 Å². The monoisotopic (exact) mass is 268 g/mol. The Labute approximate surface area is 105 Å². The molecule has 6 heteroatoms. The molecule has 1 aliphatic rings. The van der Waals surface area contributed by atoms with Crippen LogP contribution in [0.15, 0.2) is 23.1 Å². The average Bonchev–Trinajstić information content (AvgIpc) is 3.07. The van der Waals surface area contributed by atoms with Crippen LogP contribution < -0.4 is 4.72 Å². The predicted molar refractivity (Wildman–Crippen MR) is 63.6 cm³/mol. The zero-order valence-electron chi connectivity index (χ0n) is 9.85. The Kier molecular flexibility index (Phi) is 3.37. The summed E-state index contributed by atoms with van der Waals surface area (Å²) in [5.41, 5.74) is -0.263. The summed E-state index contributed by atoms with van der Waals surface area (Å²) in [5, 5.41) is 8.68. The summed E-state index contributed by atoms with van der Waals surface area (Å²) in [7, 11) is -3.66. The average molecular weight is 268 g/mol.